The molecule has 1 heteroatoms. The summed E-state index contributed by atoms with van der Waals surface area (Å²) in [7, 11) is 0. The molecule has 1 nitrogen and oxygen atoms in total. The van der Waals surface area contributed by atoms with Gasteiger partial charge < -0.3 is 5.11 Å². The summed E-state index contributed by atoms with van der Waals surface area (Å²) in [6.07, 6.45) is 2.32. The highest BCUT2D eigenvalue weighted by atomic mass is 16.3. The van der Waals surface area contributed by atoms with Crippen molar-refractivity contribution < 1.29 is 5.11 Å². The van der Waals surface area contributed by atoms with E-state index in [1.165, 1.54) is 16.7 Å². The Labute approximate surface area is 167 Å². The number of hydrogen-bond acceptors (Lipinski definition) is 1. The van der Waals surface area contributed by atoms with E-state index < -0.39 is 5.60 Å². The monoisotopic (exact) mass is 366 g/mol. The Balaban J connectivity index is 1.98. The summed E-state index contributed by atoms with van der Waals surface area (Å²) in [4.78, 5) is 0. The highest BCUT2D eigenvalue weighted by molar-refractivity contribution is 5.56. The van der Waals surface area contributed by atoms with Crippen LogP contribution in [0.4, 0.5) is 0 Å². The zero-order valence-electron chi connectivity index (χ0n) is 16.7. The van der Waals surface area contributed by atoms with Gasteiger partial charge in [0.05, 0.1) is 0 Å². The molecule has 0 saturated heterocycles. The summed E-state index contributed by atoms with van der Waals surface area (Å²) in [5.41, 5.74) is 6.67. The standard InChI is InChI=1S/C27H26O/c1-19-18-25(21(3)20(19)2)24-16-10-11-17-26(24)27(28,22-12-6-4-7-13-22)23-14-8-5-9-15-23/h4-18,25,28H,1-3H3. The minimum atomic E-state index is -1.21. The van der Waals surface area contributed by atoms with Crippen molar-refractivity contribution in [3.63, 3.8) is 0 Å². The van der Waals surface area contributed by atoms with Crippen LogP contribution in [0.2, 0.25) is 0 Å². The molecule has 0 radical (unpaired) electrons. The van der Waals surface area contributed by atoms with E-state index in [4.69, 9.17) is 0 Å². The molecule has 0 heterocycles. The summed E-state index contributed by atoms with van der Waals surface area (Å²) >= 11 is 0. The molecule has 3 aromatic rings. The van der Waals surface area contributed by atoms with Crippen LogP contribution in [0.25, 0.3) is 0 Å². The average molecular weight is 367 g/mol. The molecule has 1 aliphatic rings. The van der Waals surface area contributed by atoms with Crippen LogP contribution >= 0.6 is 0 Å². The lowest BCUT2D eigenvalue weighted by Crippen LogP contribution is -2.30. The first-order valence-electron chi connectivity index (χ1n) is 9.82. The summed E-state index contributed by atoms with van der Waals surface area (Å²) < 4.78 is 0. The third kappa shape index (κ3) is 2.93. The Kier molecular flexibility index (Phi) is 4.78. The second kappa shape index (κ2) is 7.26. The van der Waals surface area contributed by atoms with Crippen molar-refractivity contribution >= 4 is 0 Å². The molecular weight excluding hydrogens is 340 g/mol. The second-order valence-corrected chi connectivity index (χ2v) is 7.67. The molecule has 0 aromatic heterocycles. The van der Waals surface area contributed by atoms with Gasteiger partial charge in [0, 0.05) is 5.92 Å². The van der Waals surface area contributed by atoms with Gasteiger partial charge in [0.15, 0.2) is 0 Å². The van der Waals surface area contributed by atoms with Crippen LogP contribution in [-0.4, -0.2) is 5.11 Å². The van der Waals surface area contributed by atoms with Crippen molar-refractivity contribution in [3.05, 3.63) is 130 Å². The molecule has 1 unspecified atom stereocenters. The van der Waals surface area contributed by atoms with Crippen LogP contribution in [-0.2, 0) is 5.60 Å². The summed E-state index contributed by atoms with van der Waals surface area (Å²) in [5, 5.41) is 12.2. The maximum absolute atomic E-state index is 12.2. The highest BCUT2D eigenvalue weighted by Crippen LogP contribution is 2.44. The third-order valence-corrected chi connectivity index (χ3v) is 6.13. The van der Waals surface area contributed by atoms with E-state index in [0.717, 1.165) is 22.3 Å². The van der Waals surface area contributed by atoms with E-state index in [1.54, 1.807) is 0 Å². The van der Waals surface area contributed by atoms with Crippen LogP contribution < -0.4 is 0 Å². The predicted octanol–water partition coefficient (Wildman–Crippen LogP) is 6.35. The van der Waals surface area contributed by atoms with E-state index in [9.17, 15) is 5.11 Å². The molecule has 140 valence electrons. The minimum absolute atomic E-state index is 0.190. The molecule has 0 spiro atoms. The van der Waals surface area contributed by atoms with Crippen LogP contribution in [0.5, 0.6) is 0 Å². The first-order valence-corrected chi connectivity index (χ1v) is 9.82. The lowest BCUT2D eigenvalue weighted by molar-refractivity contribution is 0.124. The zero-order valence-corrected chi connectivity index (χ0v) is 16.7. The van der Waals surface area contributed by atoms with Crippen molar-refractivity contribution in [1.29, 1.82) is 0 Å². The van der Waals surface area contributed by atoms with Gasteiger partial charge in [-0.05, 0) is 48.6 Å². The number of rotatable bonds is 4. The van der Waals surface area contributed by atoms with Gasteiger partial charge in [0.2, 0.25) is 0 Å². The Bertz CT molecular complexity index is 1000. The van der Waals surface area contributed by atoms with Gasteiger partial charge in [-0.25, -0.2) is 0 Å². The molecule has 0 amide bonds. The molecule has 1 atom stereocenters. The van der Waals surface area contributed by atoms with Gasteiger partial charge >= 0.3 is 0 Å². The van der Waals surface area contributed by atoms with E-state index in [-0.39, 0.29) is 5.92 Å². The Morgan fingerprint density at radius 1 is 0.679 bits per heavy atom. The van der Waals surface area contributed by atoms with Gasteiger partial charge in [-0.2, -0.15) is 0 Å². The summed E-state index contributed by atoms with van der Waals surface area (Å²) in [5.74, 6) is 0.190. The van der Waals surface area contributed by atoms with Crippen molar-refractivity contribution in [3.8, 4) is 0 Å². The normalized spacial score (nSPS) is 17.0. The molecule has 0 aliphatic heterocycles. The summed E-state index contributed by atoms with van der Waals surface area (Å²) in [6, 6.07) is 28.3. The van der Waals surface area contributed by atoms with E-state index >= 15 is 0 Å². The largest absolute Gasteiger partial charge is 0.376 e. The fraction of sp³-hybridized carbons (Fsp3) is 0.185. The zero-order chi connectivity index (χ0) is 19.7. The predicted molar refractivity (Wildman–Crippen MR) is 116 cm³/mol. The van der Waals surface area contributed by atoms with Crippen LogP contribution in [0.15, 0.2) is 108 Å². The quantitative estimate of drug-likeness (QED) is 0.533. The second-order valence-electron chi connectivity index (χ2n) is 7.67. The van der Waals surface area contributed by atoms with Crippen LogP contribution in [0.1, 0.15) is 48.9 Å². The molecule has 0 bridgehead atoms. The first kappa shape index (κ1) is 18.5. The summed E-state index contributed by atoms with van der Waals surface area (Å²) in [6.45, 7) is 6.56. The number of benzene rings is 3. The third-order valence-electron chi connectivity index (χ3n) is 6.13. The van der Waals surface area contributed by atoms with E-state index in [2.05, 4.69) is 45.0 Å². The van der Waals surface area contributed by atoms with Crippen LogP contribution in [0.3, 0.4) is 0 Å². The van der Waals surface area contributed by atoms with Crippen molar-refractivity contribution in [1.82, 2.24) is 0 Å². The lowest BCUT2D eigenvalue weighted by Gasteiger charge is -2.33. The van der Waals surface area contributed by atoms with Gasteiger partial charge in [0.1, 0.15) is 5.60 Å². The number of hydrogen-bond donors (Lipinski definition) is 1. The SMILES string of the molecule is CC1=CC(c2ccccc2C(O)(c2ccccc2)c2ccccc2)C(C)=C1C. The van der Waals surface area contributed by atoms with Crippen molar-refractivity contribution in [2.75, 3.05) is 0 Å². The average Bonchev–Trinajstić information content (AvgIpc) is 3.01. The smallest absolute Gasteiger partial charge is 0.140 e. The molecule has 3 aromatic carbocycles. The molecule has 1 aliphatic carbocycles. The topological polar surface area (TPSA) is 20.2 Å². The molecule has 1 N–H and O–H groups in total. The van der Waals surface area contributed by atoms with Gasteiger partial charge in [-0.15, -0.1) is 0 Å². The van der Waals surface area contributed by atoms with Gasteiger partial charge in [-0.1, -0.05) is 102 Å². The Morgan fingerprint density at radius 2 is 1.18 bits per heavy atom. The number of aliphatic hydroxyl groups is 1. The Hall–Kier alpha value is -2.90. The first-order chi connectivity index (χ1) is 13.5. The van der Waals surface area contributed by atoms with E-state index in [1.807, 2.05) is 66.7 Å². The molecule has 4 rings (SSSR count). The Morgan fingerprint density at radius 3 is 1.68 bits per heavy atom. The van der Waals surface area contributed by atoms with Crippen LogP contribution in [0, 0.1) is 0 Å². The van der Waals surface area contributed by atoms with Crippen molar-refractivity contribution in [2.45, 2.75) is 32.3 Å². The lowest BCUT2D eigenvalue weighted by atomic mass is 9.75. The molecule has 0 saturated carbocycles. The van der Waals surface area contributed by atoms with Gasteiger partial charge in [0.25, 0.3) is 0 Å². The van der Waals surface area contributed by atoms with Crippen molar-refractivity contribution in [2.24, 2.45) is 0 Å². The highest BCUT2D eigenvalue weighted by Gasteiger charge is 2.37. The molecule has 28 heavy (non-hydrogen) atoms. The maximum Gasteiger partial charge on any atom is 0.140 e. The minimum Gasteiger partial charge on any atom is -0.376 e. The molecular formula is C27H26O. The molecule has 0 fully saturated rings. The van der Waals surface area contributed by atoms with Gasteiger partial charge in [-0.3, -0.25) is 0 Å². The number of allylic oxidation sites excluding steroid dienone is 4. The van der Waals surface area contributed by atoms with E-state index in [0.29, 0.717) is 0 Å². The fourth-order valence-corrected chi connectivity index (χ4v) is 4.30. The maximum atomic E-state index is 12.2. The fourth-order valence-electron chi connectivity index (χ4n) is 4.30.